The van der Waals surface area contributed by atoms with Crippen molar-refractivity contribution >= 4 is 34.4 Å². The quantitative estimate of drug-likeness (QED) is 0.226. The molecule has 5 rings (SSSR count). The van der Waals surface area contributed by atoms with Gasteiger partial charge in [0.15, 0.2) is 5.82 Å². The Kier molecular flexibility index (Phi) is 8.65. The maximum absolute atomic E-state index is 15.2. The highest BCUT2D eigenvalue weighted by Gasteiger charge is 2.25. The van der Waals surface area contributed by atoms with Crippen LogP contribution in [0.5, 0.6) is 0 Å². The molecule has 0 bridgehead atoms. The number of nitrogens with zero attached hydrogens (tertiary/aromatic N) is 6. The van der Waals surface area contributed by atoms with Gasteiger partial charge in [-0.3, -0.25) is 4.98 Å². The fourth-order valence-electron chi connectivity index (χ4n) is 4.98. The lowest BCUT2D eigenvalue weighted by molar-refractivity contribution is 0.0989. The van der Waals surface area contributed by atoms with Crippen molar-refractivity contribution in [2.24, 2.45) is 0 Å². The number of unbranched alkanes of at least 4 members (excludes halogenated alkanes) is 1. The van der Waals surface area contributed by atoms with Gasteiger partial charge in [0.2, 0.25) is 5.95 Å². The number of rotatable bonds is 8. The number of benzene rings is 1. The van der Waals surface area contributed by atoms with Crippen LogP contribution in [0.15, 0.2) is 42.7 Å². The molecule has 4 heterocycles. The van der Waals surface area contributed by atoms with Crippen molar-refractivity contribution in [1.29, 1.82) is 0 Å². The van der Waals surface area contributed by atoms with Gasteiger partial charge in [0.1, 0.15) is 28.5 Å². The van der Waals surface area contributed by atoms with Gasteiger partial charge >= 0.3 is 6.09 Å². The van der Waals surface area contributed by atoms with Gasteiger partial charge in [0.05, 0.1) is 24.7 Å². The minimum absolute atomic E-state index is 0.00916. The van der Waals surface area contributed by atoms with Crippen molar-refractivity contribution in [2.45, 2.75) is 46.2 Å². The number of carbonyl (C=O) groups is 1. The van der Waals surface area contributed by atoms with Gasteiger partial charge in [-0.25, -0.2) is 32.9 Å². The zero-order valence-corrected chi connectivity index (χ0v) is 24.6. The standard InChI is InChI=1S/C31H34F3N7O2/c1-5-6-13-43-30(42)41-11-9-40(10-12-41)21-7-8-26(35-17-21)38-29-36-18-25(33)27(39-29)20-15-22-23(31(3,4)34)14-19(2)37-28(22)24(32)16-20/h7-8,14-18H,5-6,9-13H2,1-4H3,(H,35,36,38,39). The predicted octanol–water partition coefficient (Wildman–Crippen LogP) is 6.68. The number of carbonyl (C=O) groups excluding carboxylic acids is 1. The maximum atomic E-state index is 15.2. The molecule has 1 saturated heterocycles. The van der Waals surface area contributed by atoms with Crippen molar-refractivity contribution in [3.05, 3.63) is 65.6 Å². The van der Waals surface area contributed by atoms with E-state index in [2.05, 4.69) is 30.2 Å². The first-order chi connectivity index (χ1) is 20.5. The van der Waals surface area contributed by atoms with E-state index < -0.39 is 17.3 Å². The van der Waals surface area contributed by atoms with E-state index in [0.29, 0.717) is 44.3 Å². The monoisotopic (exact) mass is 593 g/mol. The number of halogens is 3. The Labute approximate surface area is 248 Å². The first-order valence-corrected chi connectivity index (χ1v) is 14.3. The van der Waals surface area contributed by atoms with Gasteiger partial charge in [-0.2, -0.15) is 0 Å². The summed E-state index contributed by atoms with van der Waals surface area (Å²) in [6.45, 7) is 9.27. The first-order valence-electron chi connectivity index (χ1n) is 14.3. The van der Waals surface area contributed by atoms with Crippen LogP contribution in [-0.2, 0) is 10.4 Å². The van der Waals surface area contributed by atoms with Gasteiger partial charge in [-0.1, -0.05) is 13.3 Å². The number of alkyl halides is 1. The van der Waals surface area contributed by atoms with Crippen molar-refractivity contribution < 1.29 is 22.7 Å². The van der Waals surface area contributed by atoms with E-state index in [0.717, 1.165) is 30.8 Å². The molecular weight excluding hydrogens is 559 g/mol. The van der Waals surface area contributed by atoms with Gasteiger partial charge in [0.25, 0.3) is 0 Å². The summed E-state index contributed by atoms with van der Waals surface area (Å²) in [5.74, 6) is -0.992. The zero-order valence-electron chi connectivity index (χ0n) is 24.6. The minimum atomic E-state index is -1.78. The first kappa shape index (κ1) is 30.0. The number of nitrogens with one attached hydrogen (secondary N) is 1. The lowest BCUT2D eigenvalue weighted by Crippen LogP contribution is -2.49. The second kappa shape index (κ2) is 12.4. The van der Waals surface area contributed by atoms with Crippen LogP contribution in [0.3, 0.4) is 0 Å². The van der Waals surface area contributed by atoms with Crippen LogP contribution in [0, 0.1) is 18.6 Å². The fraction of sp³-hybridized carbons (Fsp3) is 0.387. The second-order valence-corrected chi connectivity index (χ2v) is 11.0. The van der Waals surface area contributed by atoms with Gasteiger partial charge in [0, 0.05) is 42.8 Å². The predicted molar refractivity (Wildman–Crippen MR) is 159 cm³/mol. The van der Waals surface area contributed by atoms with E-state index in [-0.39, 0.29) is 39.8 Å². The molecule has 0 spiro atoms. The molecule has 1 fully saturated rings. The van der Waals surface area contributed by atoms with E-state index in [4.69, 9.17) is 4.74 Å². The third-order valence-corrected chi connectivity index (χ3v) is 7.27. The van der Waals surface area contributed by atoms with Crippen LogP contribution in [-0.4, -0.2) is 63.7 Å². The van der Waals surface area contributed by atoms with Crippen LogP contribution in [0.2, 0.25) is 0 Å². The Morgan fingerprint density at radius 2 is 1.79 bits per heavy atom. The summed E-state index contributed by atoms with van der Waals surface area (Å²) < 4.78 is 50.4. The molecule has 9 nitrogen and oxygen atoms in total. The molecule has 43 heavy (non-hydrogen) atoms. The average molecular weight is 594 g/mol. The van der Waals surface area contributed by atoms with E-state index >= 15 is 8.78 Å². The summed E-state index contributed by atoms with van der Waals surface area (Å²) >= 11 is 0. The number of aryl methyl sites for hydroxylation is 1. The van der Waals surface area contributed by atoms with E-state index in [1.165, 1.54) is 19.9 Å². The Morgan fingerprint density at radius 1 is 1.02 bits per heavy atom. The molecule has 12 heteroatoms. The molecule has 0 radical (unpaired) electrons. The van der Waals surface area contributed by atoms with Crippen molar-refractivity contribution in [2.75, 3.05) is 43.0 Å². The lowest BCUT2D eigenvalue weighted by atomic mass is 9.93. The number of ether oxygens (including phenoxy) is 1. The molecular formula is C31H34F3N7O2. The smallest absolute Gasteiger partial charge is 0.409 e. The molecule has 0 aliphatic carbocycles. The largest absolute Gasteiger partial charge is 0.449 e. The van der Waals surface area contributed by atoms with Crippen LogP contribution >= 0.6 is 0 Å². The Hall–Kier alpha value is -4.48. The normalized spacial score (nSPS) is 13.8. The summed E-state index contributed by atoms with van der Waals surface area (Å²) in [7, 11) is 0. The number of amides is 1. The maximum Gasteiger partial charge on any atom is 0.409 e. The zero-order chi connectivity index (χ0) is 30.7. The van der Waals surface area contributed by atoms with E-state index in [9.17, 15) is 9.18 Å². The van der Waals surface area contributed by atoms with Gasteiger partial charge < -0.3 is 19.9 Å². The molecule has 1 N–H and O–H groups in total. The Bertz CT molecular complexity index is 1620. The van der Waals surface area contributed by atoms with Crippen LogP contribution in [0.1, 0.15) is 44.9 Å². The topological polar surface area (TPSA) is 96.4 Å². The number of fused-ring (bicyclic) bond motifs is 1. The van der Waals surface area contributed by atoms with E-state index in [1.807, 2.05) is 13.0 Å². The number of aromatic nitrogens is 4. The molecule has 4 aromatic rings. The number of hydrogen-bond acceptors (Lipinski definition) is 8. The highest BCUT2D eigenvalue weighted by molar-refractivity contribution is 5.88. The molecule has 3 aromatic heterocycles. The average Bonchev–Trinajstić information content (AvgIpc) is 2.98. The third kappa shape index (κ3) is 6.79. The van der Waals surface area contributed by atoms with Crippen LogP contribution < -0.4 is 10.2 Å². The van der Waals surface area contributed by atoms with Gasteiger partial charge in [-0.15, -0.1) is 0 Å². The SMILES string of the molecule is CCCCOC(=O)N1CCN(c2ccc(Nc3ncc(F)c(-c4cc(F)c5nc(C)cc(C(C)(C)F)c5c4)n3)nc2)CC1. The molecule has 1 aliphatic rings. The molecule has 1 aliphatic heterocycles. The summed E-state index contributed by atoms with van der Waals surface area (Å²) in [4.78, 5) is 33.0. The van der Waals surface area contributed by atoms with Crippen LogP contribution in [0.4, 0.5) is 35.4 Å². The molecule has 0 saturated carbocycles. The summed E-state index contributed by atoms with van der Waals surface area (Å²) in [6.07, 6.45) is 4.21. The highest BCUT2D eigenvalue weighted by Crippen LogP contribution is 2.35. The third-order valence-electron chi connectivity index (χ3n) is 7.27. The number of piperazine rings is 1. The van der Waals surface area contributed by atoms with Crippen molar-refractivity contribution in [3.8, 4) is 11.3 Å². The highest BCUT2D eigenvalue weighted by atomic mass is 19.1. The van der Waals surface area contributed by atoms with E-state index in [1.54, 1.807) is 30.2 Å². The summed E-state index contributed by atoms with van der Waals surface area (Å²) in [6, 6.07) is 7.81. The molecule has 0 unspecified atom stereocenters. The summed E-state index contributed by atoms with van der Waals surface area (Å²) in [5.41, 5.74) is -0.185. The molecule has 1 amide bonds. The Balaban J connectivity index is 1.31. The fourth-order valence-corrected chi connectivity index (χ4v) is 4.98. The molecule has 226 valence electrons. The number of hydrogen-bond donors (Lipinski definition) is 1. The minimum Gasteiger partial charge on any atom is -0.449 e. The number of anilines is 3. The molecule has 1 aromatic carbocycles. The van der Waals surface area contributed by atoms with Crippen molar-refractivity contribution in [3.63, 3.8) is 0 Å². The lowest BCUT2D eigenvalue weighted by Gasteiger charge is -2.35. The summed E-state index contributed by atoms with van der Waals surface area (Å²) in [5, 5.41) is 3.20. The molecule has 0 atom stereocenters. The van der Waals surface area contributed by atoms with Gasteiger partial charge in [-0.05, 0) is 63.1 Å². The Morgan fingerprint density at radius 3 is 2.47 bits per heavy atom. The van der Waals surface area contributed by atoms with Crippen molar-refractivity contribution in [1.82, 2.24) is 24.8 Å². The second-order valence-electron chi connectivity index (χ2n) is 11.0. The number of pyridine rings is 2. The van der Waals surface area contributed by atoms with Crippen LogP contribution in [0.25, 0.3) is 22.2 Å².